The van der Waals surface area contributed by atoms with Crippen molar-refractivity contribution in [1.29, 1.82) is 0 Å². The third kappa shape index (κ3) is 5.35. The van der Waals surface area contributed by atoms with Crippen LogP contribution in [0.5, 0.6) is 0 Å². The van der Waals surface area contributed by atoms with Crippen LogP contribution in [-0.2, 0) is 0 Å². The number of hydrogen-bond acceptors (Lipinski definition) is 0. The first-order valence-corrected chi connectivity index (χ1v) is 4.83. The topological polar surface area (TPSA) is 0 Å². The minimum Gasteiger partial charge on any atom is -0.0802 e. The zero-order valence-electron chi connectivity index (χ0n) is 8.43. The van der Waals surface area contributed by atoms with Crippen molar-refractivity contribution in [1.82, 2.24) is 0 Å². The molecule has 3 atom stereocenters. The molecule has 0 aliphatic heterocycles. The van der Waals surface area contributed by atoms with E-state index in [-0.39, 0.29) is 0 Å². The van der Waals surface area contributed by atoms with E-state index in [1.165, 1.54) is 19.3 Å². The summed E-state index contributed by atoms with van der Waals surface area (Å²) in [5, 5.41) is 0. The fourth-order valence-corrected chi connectivity index (χ4v) is 1.21. The number of rotatable bonds is 5. The molecule has 0 amide bonds. The second-order valence-electron chi connectivity index (χ2n) is 3.92. The van der Waals surface area contributed by atoms with Gasteiger partial charge >= 0.3 is 0 Å². The van der Waals surface area contributed by atoms with Gasteiger partial charge in [0.1, 0.15) is 0 Å². The van der Waals surface area contributed by atoms with E-state index in [9.17, 15) is 0 Å². The van der Waals surface area contributed by atoms with Crippen molar-refractivity contribution in [2.24, 2.45) is 11.8 Å². The van der Waals surface area contributed by atoms with Crippen LogP contribution in [0.4, 0.5) is 0 Å². The molecule has 0 aliphatic rings. The van der Waals surface area contributed by atoms with E-state index in [1.54, 1.807) is 0 Å². The first-order chi connectivity index (χ1) is 5.07. The maximum atomic E-state index is 5.68. The van der Waals surface area contributed by atoms with Gasteiger partial charge in [0.05, 0.1) is 7.85 Å². The average Bonchev–Trinajstić information content (AvgIpc) is 1.98. The summed E-state index contributed by atoms with van der Waals surface area (Å²) in [6.07, 6.45) is 3.75. The standard InChI is InChI=1S/C10H21B/c1-5-8(2)9(3)6-7-10(4)11/h8-10H,5-7H2,1-4H3. The third-order valence-electron chi connectivity index (χ3n) is 2.69. The SMILES string of the molecule is [B]C(C)CCC(C)C(C)CC. The molecular weight excluding hydrogens is 131 g/mol. The zero-order chi connectivity index (χ0) is 8.85. The summed E-state index contributed by atoms with van der Waals surface area (Å²) in [6.45, 7) is 9.00. The van der Waals surface area contributed by atoms with Crippen molar-refractivity contribution in [3.63, 3.8) is 0 Å². The molecule has 0 aliphatic carbocycles. The Kier molecular flexibility index (Phi) is 5.72. The summed E-state index contributed by atoms with van der Waals surface area (Å²) in [7, 11) is 5.68. The van der Waals surface area contributed by atoms with E-state index in [4.69, 9.17) is 7.85 Å². The molecular formula is C10H21B. The van der Waals surface area contributed by atoms with Crippen molar-refractivity contribution >= 4 is 7.85 Å². The quantitative estimate of drug-likeness (QED) is 0.529. The van der Waals surface area contributed by atoms with Crippen LogP contribution in [0.15, 0.2) is 0 Å². The lowest BCUT2D eigenvalue weighted by Gasteiger charge is -2.18. The van der Waals surface area contributed by atoms with Gasteiger partial charge in [-0.15, -0.1) is 0 Å². The Morgan fingerprint density at radius 3 is 1.91 bits per heavy atom. The van der Waals surface area contributed by atoms with Crippen molar-refractivity contribution < 1.29 is 0 Å². The Hall–Kier alpha value is 0.0649. The minimum absolute atomic E-state index is 0.376. The third-order valence-corrected chi connectivity index (χ3v) is 2.69. The lowest BCUT2D eigenvalue weighted by Crippen LogP contribution is -2.07. The molecule has 11 heavy (non-hydrogen) atoms. The van der Waals surface area contributed by atoms with Crippen LogP contribution in [0, 0.1) is 11.8 Å². The molecule has 0 aromatic heterocycles. The molecule has 0 heterocycles. The zero-order valence-corrected chi connectivity index (χ0v) is 8.43. The largest absolute Gasteiger partial charge is 0.0802 e. The molecule has 2 radical (unpaired) electrons. The Labute approximate surface area is 73.2 Å². The van der Waals surface area contributed by atoms with Gasteiger partial charge in [0, 0.05) is 0 Å². The molecule has 0 rings (SSSR count). The summed E-state index contributed by atoms with van der Waals surface area (Å²) < 4.78 is 0. The van der Waals surface area contributed by atoms with E-state index in [0.29, 0.717) is 5.82 Å². The fourth-order valence-electron chi connectivity index (χ4n) is 1.21. The van der Waals surface area contributed by atoms with E-state index < -0.39 is 0 Å². The summed E-state index contributed by atoms with van der Waals surface area (Å²) >= 11 is 0. The van der Waals surface area contributed by atoms with E-state index in [0.717, 1.165) is 11.8 Å². The van der Waals surface area contributed by atoms with Gasteiger partial charge in [0.25, 0.3) is 0 Å². The number of hydrogen-bond donors (Lipinski definition) is 0. The summed E-state index contributed by atoms with van der Waals surface area (Å²) in [5.41, 5.74) is 0. The molecule has 3 unspecified atom stereocenters. The Morgan fingerprint density at radius 1 is 1.00 bits per heavy atom. The van der Waals surface area contributed by atoms with Crippen LogP contribution in [0.3, 0.4) is 0 Å². The minimum atomic E-state index is 0.376. The second kappa shape index (κ2) is 5.68. The monoisotopic (exact) mass is 152 g/mol. The smallest absolute Gasteiger partial charge is 0.0695 e. The van der Waals surface area contributed by atoms with Crippen LogP contribution in [0.2, 0.25) is 5.82 Å². The van der Waals surface area contributed by atoms with Crippen LogP contribution in [-0.4, -0.2) is 7.85 Å². The van der Waals surface area contributed by atoms with Crippen molar-refractivity contribution in [3.05, 3.63) is 0 Å². The predicted octanol–water partition coefficient (Wildman–Crippen LogP) is 3.43. The van der Waals surface area contributed by atoms with Gasteiger partial charge in [-0.2, -0.15) is 0 Å². The van der Waals surface area contributed by atoms with Crippen LogP contribution in [0.1, 0.15) is 47.0 Å². The summed E-state index contributed by atoms with van der Waals surface area (Å²) in [4.78, 5) is 0. The van der Waals surface area contributed by atoms with Gasteiger partial charge in [-0.05, 0) is 11.8 Å². The van der Waals surface area contributed by atoms with Gasteiger partial charge in [-0.1, -0.05) is 52.8 Å². The lowest BCUT2D eigenvalue weighted by atomic mass is 9.80. The summed E-state index contributed by atoms with van der Waals surface area (Å²) in [6, 6.07) is 0. The highest BCUT2D eigenvalue weighted by Crippen LogP contribution is 2.22. The average molecular weight is 152 g/mol. The maximum absolute atomic E-state index is 5.68. The molecule has 0 bridgehead atoms. The Morgan fingerprint density at radius 2 is 1.55 bits per heavy atom. The van der Waals surface area contributed by atoms with Gasteiger partial charge in [0.2, 0.25) is 0 Å². The highest BCUT2D eigenvalue weighted by atomic mass is 14.1. The van der Waals surface area contributed by atoms with Crippen LogP contribution in [0.25, 0.3) is 0 Å². The van der Waals surface area contributed by atoms with Gasteiger partial charge in [-0.25, -0.2) is 0 Å². The molecule has 0 nitrogen and oxygen atoms in total. The first-order valence-electron chi connectivity index (χ1n) is 4.83. The summed E-state index contributed by atoms with van der Waals surface area (Å²) in [5.74, 6) is 2.07. The molecule has 0 saturated carbocycles. The lowest BCUT2D eigenvalue weighted by molar-refractivity contribution is 0.346. The van der Waals surface area contributed by atoms with Gasteiger partial charge in [0.15, 0.2) is 0 Å². The van der Waals surface area contributed by atoms with E-state index in [1.807, 2.05) is 0 Å². The van der Waals surface area contributed by atoms with Crippen LogP contribution >= 0.6 is 0 Å². The molecule has 0 aromatic carbocycles. The highest BCUT2D eigenvalue weighted by Gasteiger charge is 2.09. The molecule has 0 saturated heterocycles. The Bertz CT molecular complexity index is 88.9. The molecule has 0 N–H and O–H groups in total. The van der Waals surface area contributed by atoms with Gasteiger partial charge < -0.3 is 0 Å². The predicted molar refractivity (Wildman–Crippen MR) is 53.0 cm³/mol. The highest BCUT2D eigenvalue weighted by molar-refractivity contribution is 6.11. The molecule has 0 aromatic rings. The van der Waals surface area contributed by atoms with Crippen molar-refractivity contribution in [2.45, 2.75) is 52.8 Å². The van der Waals surface area contributed by atoms with E-state index >= 15 is 0 Å². The molecule has 0 spiro atoms. The van der Waals surface area contributed by atoms with Gasteiger partial charge in [-0.3, -0.25) is 0 Å². The van der Waals surface area contributed by atoms with E-state index in [2.05, 4.69) is 27.7 Å². The molecule has 64 valence electrons. The second-order valence-corrected chi connectivity index (χ2v) is 3.92. The van der Waals surface area contributed by atoms with Crippen molar-refractivity contribution in [3.8, 4) is 0 Å². The van der Waals surface area contributed by atoms with Crippen LogP contribution < -0.4 is 0 Å². The maximum Gasteiger partial charge on any atom is 0.0695 e. The van der Waals surface area contributed by atoms with Crippen molar-refractivity contribution in [2.75, 3.05) is 0 Å². The Balaban J connectivity index is 3.43. The fraction of sp³-hybridized carbons (Fsp3) is 1.00. The molecule has 0 fully saturated rings. The molecule has 1 heteroatoms. The first kappa shape index (κ1) is 11.1. The normalized spacial score (nSPS) is 19.3.